The Morgan fingerprint density at radius 2 is 2.05 bits per heavy atom. The van der Waals surface area contributed by atoms with E-state index >= 15 is 0 Å². The number of carboxylic acid groups (broad SMARTS) is 1. The number of aromatic nitrogens is 2. The number of halogens is 2. The van der Waals surface area contributed by atoms with Crippen molar-refractivity contribution in [1.82, 2.24) is 10.1 Å². The molecule has 2 aliphatic rings. The van der Waals surface area contributed by atoms with Crippen molar-refractivity contribution in [2.45, 2.75) is 63.6 Å². The van der Waals surface area contributed by atoms with Crippen LogP contribution in [0.1, 0.15) is 72.5 Å². The van der Waals surface area contributed by atoms with E-state index in [0.717, 1.165) is 41.4 Å². The summed E-state index contributed by atoms with van der Waals surface area (Å²) in [7, 11) is 0. The summed E-state index contributed by atoms with van der Waals surface area (Å²) in [6, 6.07) is 8.29. The number of hydrogen-bond donors (Lipinski definition) is 1. The maximum atomic E-state index is 14.6. The standard InChI is InChI=1S/C29H27F2N3O4S/c30-19-7-8-21(23(31)14-19)26-22(27(38-34-26)17-4-5-17)15-37-20(12-16-2-1-3-16)10-11-32-29-33-24-9-6-18(28(35)36)13-25(24)39-29/h6-9,11,13-14,16-17,20H,1-5,10,12,15H2,(H,35,36)/b32-11+. The van der Waals surface area contributed by atoms with Crippen molar-refractivity contribution in [3.63, 3.8) is 0 Å². The summed E-state index contributed by atoms with van der Waals surface area (Å²) >= 11 is 1.34. The van der Waals surface area contributed by atoms with Gasteiger partial charge in [-0.3, -0.25) is 0 Å². The predicted octanol–water partition coefficient (Wildman–Crippen LogP) is 7.67. The maximum Gasteiger partial charge on any atom is 0.335 e. The van der Waals surface area contributed by atoms with Crippen LogP contribution in [0.25, 0.3) is 21.5 Å². The third-order valence-electron chi connectivity index (χ3n) is 7.43. The molecule has 0 spiro atoms. The number of carboxylic acids is 1. The van der Waals surface area contributed by atoms with Crippen LogP contribution in [-0.4, -0.2) is 33.5 Å². The average Bonchev–Trinajstić information content (AvgIpc) is 3.51. The molecule has 2 aromatic carbocycles. The Bertz CT molecular complexity index is 1540. The minimum absolute atomic E-state index is 0.111. The van der Waals surface area contributed by atoms with Crippen LogP contribution >= 0.6 is 11.3 Å². The van der Waals surface area contributed by atoms with Gasteiger partial charge in [-0.05, 0) is 55.5 Å². The fourth-order valence-corrected chi connectivity index (χ4v) is 5.78. The number of aliphatic imine (C=N–C) groups is 1. The van der Waals surface area contributed by atoms with Crippen molar-refractivity contribution >= 4 is 38.9 Å². The second-order valence-electron chi connectivity index (χ2n) is 10.3. The fourth-order valence-electron chi connectivity index (χ4n) is 4.90. The third kappa shape index (κ3) is 5.77. The molecule has 1 unspecified atom stereocenters. The molecule has 6 rings (SSSR count). The van der Waals surface area contributed by atoms with E-state index in [-0.39, 0.29) is 29.8 Å². The van der Waals surface area contributed by atoms with Gasteiger partial charge in [0.1, 0.15) is 23.1 Å². The number of ether oxygens (including phenoxy) is 1. The first-order valence-electron chi connectivity index (χ1n) is 13.2. The van der Waals surface area contributed by atoms with Crippen LogP contribution in [0.3, 0.4) is 0 Å². The fraction of sp³-hybridized carbons (Fsp3) is 0.379. The lowest BCUT2D eigenvalue weighted by Crippen LogP contribution is -2.22. The van der Waals surface area contributed by atoms with Gasteiger partial charge >= 0.3 is 5.97 Å². The summed E-state index contributed by atoms with van der Waals surface area (Å²) in [5.74, 6) is -0.735. The van der Waals surface area contributed by atoms with Crippen LogP contribution in [0, 0.1) is 17.6 Å². The van der Waals surface area contributed by atoms with Gasteiger partial charge in [0.25, 0.3) is 0 Å². The molecule has 0 radical (unpaired) electrons. The van der Waals surface area contributed by atoms with Crippen LogP contribution in [0.15, 0.2) is 45.9 Å². The zero-order valence-electron chi connectivity index (χ0n) is 21.1. The van der Waals surface area contributed by atoms with Gasteiger partial charge in [-0.2, -0.15) is 0 Å². The smallest absolute Gasteiger partial charge is 0.335 e. The highest BCUT2D eigenvalue weighted by atomic mass is 32.1. The van der Waals surface area contributed by atoms with Crippen LogP contribution in [0.4, 0.5) is 13.9 Å². The van der Waals surface area contributed by atoms with E-state index in [1.807, 2.05) is 0 Å². The van der Waals surface area contributed by atoms with E-state index in [2.05, 4.69) is 15.1 Å². The van der Waals surface area contributed by atoms with Gasteiger partial charge in [-0.25, -0.2) is 23.6 Å². The monoisotopic (exact) mass is 551 g/mol. The Kier molecular flexibility index (Phi) is 7.22. The zero-order valence-corrected chi connectivity index (χ0v) is 21.9. The Morgan fingerprint density at radius 3 is 2.77 bits per heavy atom. The highest BCUT2D eigenvalue weighted by Gasteiger charge is 2.34. The van der Waals surface area contributed by atoms with E-state index in [1.54, 1.807) is 18.3 Å². The summed E-state index contributed by atoms with van der Waals surface area (Å²) in [5.41, 5.74) is 2.21. The Morgan fingerprint density at radius 1 is 1.21 bits per heavy atom. The molecule has 7 nitrogen and oxygen atoms in total. The first kappa shape index (κ1) is 25.8. The van der Waals surface area contributed by atoms with Crippen molar-refractivity contribution in [1.29, 1.82) is 0 Å². The van der Waals surface area contributed by atoms with E-state index in [4.69, 9.17) is 9.26 Å². The Balaban J connectivity index is 1.19. The van der Waals surface area contributed by atoms with Gasteiger partial charge in [-0.1, -0.05) is 35.8 Å². The topological polar surface area (TPSA) is 97.8 Å². The average molecular weight is 552 g/mol. The minimum atomic E-state index is -0.977. The molecule has 2 aromatic heterocycles. The number of hydrogen-bond acceptors (Lipinski definition) is 7. The molecular formula is C29H27F2N3O4S. The maximum absolute atomic E-state index is 14.6. The van der Waals surface area contributed by atoms with Gasteiger partial charge in [0, 0.05) is 35.7 Å². The SMILES string of the molecule is O=C(O)c1ccc2nc(/N=C/CC(CC3CCC3)OCc3c(-c4ccc(F)cc4F)noc3C3CC3)sc2c1. The van der Waals surface area contributed by atoms with Crippen molar-refractivity contribution in [3.8, 4) is 11.3 Å². The number of nitrogens with zero attached hydrogens (tertiary/aromatic N) is 3. The van der Waals surface area contributed by atoms with Crippen molar-refractivity contribution in [3.05, 3.63) is 64.9 Å². The van der Waals surface area contributed by atoms with E-state index < -0.39 is 17.6 Å². The molecule has 1 N–H and O–H groups in total. The second-order valence-corrected chi connectivity index (χ2v) is 11.3. The molecule has 0 saturated heterocycles. The molecule has 0 amide bonds. The number of aromatic carboxylic acids is 1. The molecule has 10 heteroatoms. The normalized spacial score (nSPS) is 16.7. The molecule has 2 aliphatic carbocycles. The molecule has 202 valence electrons. The van der Waals surface area contributed by atoms with Gasteiger partial charge < -0.3 is 14.4 Å². The van der Waals surface area contributed by atoms with Gasteiger partial charge in [-0.15, -0.1) is 0 Å². The summed E-state index contributed by atoms with van der Waals surface area (Å²) in [6.07, 6.45) is 8.69. The largest absolute Gasteiger partial charge is 0.478 e. The van der Waals surface area contributed by atoms with Crippen LogP contribution < -0.4 is 0 Å². The Hall–Kier alpha value is -3.50. The quantitative estimate of drug-likeness (QED) is 0.192. The lowest BCUT2D eigenvalue weighted by Gasteiger charge is -2.29. The molecule has 1 atom stereocenters. The van der Waals surface area contributed by atoms with E-state index in [0.29, 0.717) is 28.7 Å². The van der Waals surface area contributed by atoms with Crippen LogP contribution in [-0.2, 0) is 11.3 Å². The first-order chi connectivity index (χ1) is 18.9. The lowest BCUT2D eigenvalue weighted by molar-refractivity contribution is 0.0201. The van der Waals surface area contributed by atoms with E-state index in [1.165, 1.54) is 48.8 Å². The van der Waals surface area contributed by atoms with Gasteiger partial charge in [0.05, 0.1) is 28.5 Å². The highest BCUT2D eigenvalue weighted by Crippen LogP contribution is 2.45. The molecule has 2 saturated carbocycles. The number of carbonyl (C=O) groups is 1. The molecule has 4 aromatic rings. The van der Waals surface area contributed by atoms with Crippen molar-refractivity contribution in [2.24, 2.45) is 10.9 Å². The first-order valence-corrected chi connectivity index (χ1v) is 14.0. The lowest BCUT2D eigenvalue weighted by atomic mass is 9.81. The van der Waals surface area contributed by atoms with Crippen molar-refractivity contribution < 1.29 is 27.9 Å². The zero-order chi connectivity index (χ0) is 26.9. The number of thiazole rings is 1. The molecule has 0 aliphatic heterocycles. The van der Waals surface area contributed by atoms with E-state index in [9.17, 15) is 18.7 Å². The summed E-state index contributed by atoms with van der Waals surface area (Å²) in [5, 5.41) is 13.9. The number of benzene rings is 2. The predicted molar refractivity (Wildman–Crippen MR) is 144 cm³/mol. The summed E-state index contributed by atoms with van der Waals surface area (Å²) < 4.78 is 41.0. The van der Waals surface area contributed by atoms with Crippen LogP contribution in [0.5, 0.6) is 0 Å². The third-order valence-corrected chi connectivity index (χ3v) is 8.36. The summed E-state index contributed by atoms with van der Waals surface area (Å²) in [6.45, 7) is 0.214. The number of fused-ring (bicyclic) bond motifs is 1. The van der Waals surface area contributed by atoms with Gasteiger partial charge in [0.2, 0.25) is 5.13 Å². The van der Waals surface area contributed by atoms with Crippen LogP contribution in [0.2, 0.25) is 0 Å². The van der Waals surface area contributed by atoms with Crippen molar-refractivity contribution in [2.75, 3.05) is 0 Å². The molecule has 2 heterocycles. The highest BCUT2D eigenvalue weighted by molar-refractivity contribution is 7.22. The van der Waals surface area contributed by atoms with Gasteiger partial charge in [0.15, 0.2) is 0 Å². The minimum Gasteiger partial charge on any atom is -0.478 e. The molecule has 2 fully saturated rings. The molecule has 0 bridgehead atoms. The number of rotatable bonds is 11. The Labute approximate surface area is 227 Å². The molecule has 39 heavy (non-hydrogen) atoms. The summed E-state index contributed by atoms with van der Waals surface area (Å²) in [4.78, 5) is 20.3. The second kappa shape index (κ2) is 10.9. The molecular weight excluding hydrogens is 524 g/mol.